The molecular weight excluding hydrogens is 378 g/mol. The lowest BCUT2D eigenvalue weighted by molar-refractivity contribution is -0.112. The fraction of sp³-hybridized carbons (Fsp3) is 0. The Kier molecular flexibility index (Phi) is 5.12. The van der Waals surface area contributed by atoms with Crippen LogP contribution >= 0.6 is 15.9 Å². The van der Waals surface area contributed by atoms with Gasteiger partial charge in [-0.2, -0.15) is 5.26 Å². The molecule has 0 atom stereocenters. The fourth-order valence-electron chi connectivity index (χ4n) is 2.36. The molecule has 0 aliphatic heterocycles. The van der Waals surface area contributed by atoms with Gasteiger partial charge in [0.05, 0.1) is 0 Å². The number of anilines is 1. The van der Waals surface area contributed by atoms with Gasteiger partial charge in [-0.15, -0.1) is 0 Å². The third kappa shape index (κ3) is 4.06. The zero-order valence-corrected chi connectivity index (χ0v) is 14.8. The molecule has 1 heterocycles. The second-order valence-corrected chi connectivity index (χ2v) is 6.19. The number of para-hydroxylation sites is 1. The zero-order chi connectivity index (χ0) is 17.6. The van der Waals surface area contributed by atoms with Gasteiger partial charge in [0, 0.05) is 27.7 Å². The minimum atomic E-state index is -0.439. The monoisotopic (exact) mass is 391 g/mol. The van der Waals surface area contributed by atoms with Crippen molar-refractivity contribution in [1.29, 1.82) is 5.26 Å². The van der Waals surface area contributed by atoms with Crippen molar-refractivity contribution in [2.75, 3.05) is 5.32 Å². The summed E-state index contributed by atoms with van der Waals surface area (Å²) in [5.74, 6) is -0.439. The standard InChI is InChI=1S/C20H14BrN3O/c21-16-8-10-17(11-9-16)23-20(25)15(14-22)13-19-7-4-12-24(19)18-5-2-1-3-6-18/h1-13H,(H,23,25)/b15-13+. The molecular formula is C20H14BrN3O. The molecule has 0 spiro atoms. The maximum Gasteiger partial charge on any atom is 0.266 e. The number of nitriles is 1. The molecule has 0 fully saturated rings. The Labute approximate surface area is 154 Å². The molecule has 3 aromatic rings. The van der Waals surface area contributed by atoms with E-state index in [4.69, 9.17) is 0 Å². The van der Waals surface area contributed by atoms with Crippen molar-refractivity contribution in [3.63, 3.8) is 0 Å². The second kappa shape index (κ2) is 7.65. The number of hydrogen-bond donors (Lipinski definition) is 1. The summed E-state index contributed by atoms with van der Waals surface area (Å²) in [5, 5.41) is 12.1. The Hall–Kier alpha value is -3.10. The highest BCUT2D eigenvalue weighted by molar-refractivity contribution is 9.10. The van der Waals surface area contributed by atoms with Crippen molar-refractivity contribution in [3.8, 4) is 11.8 Å². The first-order valence-electron chi connectivity index (χ1n) is 7.59. The van der Waals surface area contributed by atoms with Gasteiger partial charge >= 0.3 is 0 Å². The van der Waals surface area contributed by atoms with E-state index in [0.29, 0.717) is 5.69 Å². The Morgan fingerprint density at radius 3 is 2.44 bits per heavy atom. The lowest BCUT2D eigenvalue weighted by Crippen LogP contribution is -2.13. The van der Waals surface area contributed by atoms with Gasteiger partial charge in [-0.05, 0) is 54.6 Å². The van der Waals surface area contributed by atoms with Crippen molar-refractivity contribution >= 4 is 33.6 Å². The summed E-state index contributed by atoms with van der Waals surface area (Å²) in [5.41, 5.74) is 2.39. The van der Waals surface area contributed by atoms with E-state index in [1.54, 1.807) is 18.2 Å². The van der Waals surface area contributed by atoms with Crippen LogP contribution in [0.3, 0.4) is 0 Å². The summed E-state index contributed by atoms with van der Waals surface area (Å²) >= 11 is 3.35. The molecule has 1 amide bonds. The van der Waals surface area contributed by atoms with Crippen LogP contribution in [0.25, 0.3) is 11.8 Å². The Morgan fingerprint density at radius 2 is 1.76 bits per heavy atom. The van der Waals surface area contributed by atoms with Crippen molar-refractivity contribution in [2.24, 2.45) is 0 Å². The van der Waals surface area contributed by atoms with Gasteiger partial charge in [0.15, 0.2) is 0 Å². The topological polar surface area (TPSA) is 57.8 Å². The van der Waals surface area contributed by atoms with E-state index in [-0.39, 0.29) is 5.57 Å². The molecule has 0 aliphatic carbocycles. The highest BCUT2D eigenvalue weighted by Crippen LogP contribution is 2.17. The molecule has 122 valence electrons. The van der Waals surface area contributed by atoms with E-state index < -0.39 is 5.91 Å². The van der Waals surface area contributed by atoms with Crippen molar-refractivity contribution in [1.82, 2.24) is 4.57 Å². The summed E-state index contributed by atoms with van der Waals surface area (Å²) in [4.78, 5) is 12.4. The summed E-state index contributed by atoms with van der Waals surface area (Å²) in [6.45, 7) is 0. The van der Waals surface area contributed by atoms with Crippen LogP contribution in [0.15, 0.2) is 83.0 Å². The van der Waals surface area contributed by atoms with Crippen LogP contribution in [-0.2, 0) is 4.79 Å². The third-order valence-electron chi connectivity index (χ3n) is 3.57. The van der Waals surface area contributed by atoms with Gasteiger partial charge < -0.3 is 9.88 Å². The van der Waals surface area contributed by atoms with Crippen LogP contribution in [0, 0.1) is 11.3 Å². The SMILES string of the molecule is N#C/C(=C\c1cccn1-c1ccccc1)C(=O)Nc1ccc(Br)cc1. The number of hydrogen-bond acceptors (Lipinski definition) is 2. The summed E-state index contributed by atoms with van der Waals surface area (Å²) < 4.78 is 2.84. The number of benzene rings is 2. The van der Waals surface area contributed by atoms with Gasteiger partial charge in [-0.1, -0.05) is 34.1 Å². The molecule has 1 N–H and O–H groups in total. The van der Waals surface area contributed by atoms with Crippen LogP contribution in [0.5, 0.6) is 0 Å². The average molecular weight is 392 g/mol. The maximum atomic E-state index is 12.4. The van der Waals surface area contributed by atoms with Gasteiger partial charge in [-0.3, -0.25) is 4.79 Å². The Balaban J connectivity index is 1.86. The zero-order valence-electron chi connectivity index (χ0n) is 13.2. The molecule has 1 aromatic heterocycles. The summed E-state index contributed by atoms with van der Waals surface area (Å²) in [7, 11) is 0. The minimum absolute atomic E-state index is 0.0406. The molecule has 0 saturated heterocycles. The molecule has 0 aliphatic rings. The van der Waals surface area contributed by atoms with Crippen LogP contribution in [0.2, 0.25) is 0 Å². The van der Waals surface area contributed by atoms with E-state index >= 15 is 0 Å². The van der Waals surface area contributed by atoms with E-state index in [9.17, 15) is 10.1 Å². The number of rotatable bonds is 4. The normalized spacial score (nSPS) is 11.0. The number of aromatic nitrogens is 1. The van der Waals surface area contributed by atoms with E-state index in [2.05, 4.69) is 21.2 Å². The number of carbonyl (C=O) groups is 1. The van der Waals surface area contributed by atoms with Crippen LogP contribution in [0.1, 0.15) is 5.69 Å². The minimum Gasteiger partial charge on any atom is -0.321 e. The third-order valence-corrected chi connectivity index (χ3v) is 4.10. The number of nitrogens with one attached hydrogen (secondary N) is 1. The predicted molar refractivity (Wildman–Crippen MR) is 102 cm³/mol. The van der Waals surface area contributed by atoms with Gasteiger partial charge in [-0.25, -0.2) is 0 Å². The molecule has 0 bridgehead atoms. The molecule has 2 aromatic carbocycles. The first kappa shape index (κ1) is 16.7. The van der Waals surface area contributed by atoms with Crippen LogP contribution in [-0.4, -0.2) is 10.5 Å². The quantitative estimate of drug-likeness (QED) is 0.513. The smallest absolute Gasteiger partial charge is 0.266 e. The lowest BCUT2D eigenvalue weighted by Gasteiger charge is -2.07. The number of amides is 1. The van der Waals surface area contributed by atoms with Crippen molar-refractivity contribution in [2.45, 2.75) is 0 Å². The molecule has 5 heteroatoms. The summed E-state index contributed by atoms with van der Waals surface area (Å²) in [6.07, 6.45) is 3.48. The maximum absolute atomic E-state index is 12.4. The van der Waals surface area contributed by atoms with E-state index in [1.165, 1.54) is 0 Å². The summed E-state index contributed by atoms with van der Waals surface area (Å²) in [6, 6.07) is 22.6. The molecule has 3 rings (SSSR count). The molecule has 0 saturated carbocycles. The van der Waals surface area contributed by atoms with Crippen molar-refractivity contribution < 1.29 is 4.79 Å². The highest BCUT2D eigenvalue weighted by atomic mass is 79.9. The van der Waals surface area contributed by atoms with Crippen LogP contribution < -0.4 is 5.32 Å². The van der Waals surface area contributed by atoms with Crippen LogP contribution in [0.4, 0.5) is 5.69 Å². The van der Waals surface area contributed by atoms with E-state index in [1.807, 2.05) is 71.4 Å². The van der Waals surface area contributed by atoms with Gasteiger partial charge in [0.2, 0.25) is 0 Å². The van der Waals surface area contributed by atoms with Gasteiger partial charge in [0.25, 0.3) is 5.91 Å². The molecule has 0 unspecified atom stereocenters. The number of carbonyl (C=O) groups excluding carboxylic acids is 1. The van der Waals surface area contributed by atoms with E-state index in [0.717, 1.165) is 15.9 Å². The molecule has 4 nitrogen and oxygen atoms in total. The fourth-order valence-corrected chi connectivity index (χ4v) is 2.63. The highest BCUT2D eigenvalue weighted by Gasteiger charge is 2.11. The predicted octanol–water partition coefficient (Wildman–Crippen LogP) is 4.79. The van der Waals surface area contributed by atoms with Gasteiger partial charge in [0.1, 0.15) is 11.6 Å². The average Bonchev–Trinajstić information content (AvgIpc) is 3.10. The number of nitrogens with zero attached hydrogens (tertiary/aromatic N) is 2. The molecule has 25 heavy (non-hydrogen) atoms. The first-order chi connectivity index (χ1) is 12.2. The number of halogens is 1. The van der Waals surface area contributed by atoms with Crippen molar-refractivity contribution in [3.05, 3.63) is 88.7 Å². The Morgan fingerprint density at radius 1 is 1.04 bits per heavy atom. The Bertz CT molecular complexity index is 951. The first-order valence-corrected chi connectivity index (χ1v) is 8.38. The second-order valence-electron chi connectivity index (χ2n) is 5.27. The lowest BCUT2D eigenvalue weighted by atomic mass is 10.2. The largest absolute Gasteiger partial charge is 0.321 e. The molecule has 0 radical (unpaired) electrons.